The summed E-state index contributed by atoms with van der Waals surface area (Å²) in [5.41, 5.74) is 0.0837. The van der Waals surface area contributed by atoms with Gasteiger partial charge in [-0.15, -0.1) is 0 Å². The van der Waals surface area contributed by atoms with E-state index in [-0.39, 0.29) is 11.6 Å². The molecule has 9 nitrogen and oxygen atoms in total. The minimum atomic E-state index is -1.02. The van der Waals surface area contributed by atoms with Gasteiger partial charge in [-0.3, -0.25) is 14.4 Å². The Morgan fingerprint density at radius 3 is 2.69 bits per heavy atom. The second kappa shape index (κ2) is 8.96. The number of hydrogen-bond acceptors (Lipinski definition) is 7. The third kappa shape index (κ3) is 4.29. The van der Waals surface area contributed by atoms with Crippen LogP contribution in [0.2, 0.25) is 0 Å². The van der Waals surface area contributed by atoms with E-state index in [9.17, 15) is 19.6 Å². The van der Waals surface area contributed by atoms with Crippen molar-refractivity contribution in [1.29, 1.82) is 5.26 Å². The summed E-state index contributed by atoms with van der Waals surface area (Å²) in [5, 5.41) is 18.3. The summed E-state index contributed by atoms with van der Waals surface area (Å²) in [6.07, 6.45) is 2.50. The van der Waals surface area contributed by atoms with Crippen LogP contribution in [-0.2, 0) is 16.1 Å². The summed E-state index contributed by atoms with van der Waals surface area (Å²) in [4.78, 5) is 44.1. The van der Waals surface area contributed by atoms with Crippen LogP contribution in [0.15, 0.2) is 30.3 Å². The van der Waals surface area contributed by atoms with Crippen LogP contribution in [0.3, 0.4) is 0 Å². The molecule has 1 aliphatic carbocycles. The molecule has 0 radical (unpaired) electrons. The molecule has 10 heteroatoms. The van der Waals surface area contributed by atoms with Gasteiger partial charge in [0.25, 0.3) is 5.91 Å². The quantitative estimate of drug-likeness (QED) is 0.590. The molecule has 2 fully saturated rings. The van der Waals surface area contributed by atoms with E-state index in [4.69, 9.17) is 0 Å². The number of nitriles is 1. The van der Waals surface area contributed by atoms with Crippen molar-refractivity contribution >= 4 is 39.2 Å². The molecule has 1 aromatic carbocycles. The molecule has 0 spiro atoms. The average molecular weight is 453 g/mol. The lowest BCUT2D eigenvalue weighted by Gasteiger charge is -2.23. The van der Waals surface area contributed by atoms with Crippen LogP contribution in [0, 0.1) is 16.7 Å². The number of nitrogens with one attached hydrogen (secondary N) is 3. The molecule has 166 valence electrons. The second-order valence-electron chi connectivity index (χ2n) is 7.96. The molecule has 2 aromatic rings. The van der Waals surface area contributed by atoms with Gasteiger partial charge in [-0.2, -0.15) is 5.26 Å². The Bertz CT molecular complexity index is 1070. The maximum absolute atomic E-state index is 12.9. The standard InChI is InChI=1S/C22H24N6O3S/c1-24-18(30)16-19(27-20(31)22(13-23)9-10-22)32-21(26-16)28-11-5-8-15(28)17(29)25-12-14-6-3-2-4-7-14/h2-4,6-7,15H,5,8-12H2,1H3,(H,24,30)(H,25,29)(H,27,31). The lowest BCUT2D eigenvalue weighted by Crippen LogP contribution is -2.43. The Morgan fingerprint density at radius 1 is 1.28 bits per heavy atom. The monoisotopic (exact) mass is 452 g/mol. The predicted octanol–water partition coefficient (Wildman–Crippen LogP) is 2.03. The summed E-state index contributed by atoms with van der Waals surface area (Å²) in [6.45, 7) is 1.06. The van der Waals surface area contributed by atoms with Crippen molar-refractivity contribution in [3.63, 3.8) is 0 Å². The molecule has 1 aliphatic heterocycles. The number of benzene rings is 1. The van der Waals surface area contributed by atoms with Gasteiger partial charge in [0.05, 0.1) is 6.07 Å². The number of nitrogens with zero attached hydrogens (tertiary/aromatic N) is 3. The normalized spacial score (nSPS) is 18.5. The van der Waals surface area contributed by atoms with Gasteiger partial charge in [0.2, 0.25) is 11.8 Å². The first kappa shape index (κ1) is 21.8. The highest BCUT2D eigenvalue weighted by Gasteiger charge is 2.51. The van der Waals surface area contributed by atoms with Gasteiger partial charge in [0, 0.05) is 20.1 Å². The second-order valence-corrected chi connectivity index (χ2v) is 8.93. The Kier molecular flexibility index (Phi) is 6.10. The van der Waals surface area contributed by atoms with Gasteiger partial charge < -0.3 is 20.9 Å². The van der Waals surface area contributed by atoms with Crippen molar-refractivity contribution < 1.29 is 14.4 Å². The Hall–Kier alpha value is -3.45. The maximum Gasteiger partial charge on any atom is 0.272 e. The van der Waals surface area contributed by atoms with Crippen LogP contribution in [-0.4, -0.2) is 42.3 Å². The number of aromatic nitrogens is 1. The van der Waals surface area contributed by atoms with Crippen LogP contribution in [0.1, 0.15) is 41.7 Å². The molecule has 1 atom stereocenters. The summed E-state index contributed by atoms with van der Waals surface area (Å²) >= 11 is 1.15. The minimum Gasteiger partial charge on any atom is -0.354 e. The van der Waals surface area contributed by atoms with Crippen LogP contribution in [0.25, 0.3) is 0 Å². The van der Waals surface area contributed by atoms with Crippen molar-refractivity contribution in [3.05, 3.63) is 41.6 Å². The largest absolute Gasteiger partial charge is 0.354 e. The smallest absolute Gasteiger partial charge is 0.272 e. The Morgan fingerprint density at radius 2 is 2.03 bits per heavy atom. The number of amides is 3. The van der Waals surface area contributed by atoms with Crippen LogP contribution in [0.4, 0.5) is 10.1 Å². The third-order valence-electron chi connectivity index (χ3n) is 5.79. The SMILES string of the molecule is CNC(=O)c1nc(N2CCCC2C(=O)NCc2ccccc2)sc1NC(=O)C1(C#N)CC1. The highest BCUT2D eigenvalue weighted by molar-refractivity contribution is 7.20. The zero-order chi connectivity index (χ0) is 22.7. The third-order valence-corrected chi connectivity index (χ3v) is 6.80. The van der Waals surface area contributed by atoms with E-state index in [1.165, 1.54) is 7.05 Å². The number of carbonyl (C=O) groups is 3. The van der Waals surface area contributed by atoms with Gasteiger partial charge in [0.1, 0.15) is 16.5 Å². The minimum absolute atomic E-state index is 0.0879. The number of rotatable bonds is 7. The van der Waals surface area contributed by atoms with Crippen molar-refractivity contribution in [2.45, 2.75) is 38.3 Å². The number of anilines is 2. The first-order valence-electron chi connectivity index (χ1n) is 10.5. The van der Waals surface area contributed by atoms with Gasteiger partial charge in [-0.1, -0.05) is 41.7 Å². The van der Waals surface area contributed by atoms with Crippen molar-refractivity contribution in [1.82, 2.24) is 15.6 Å². The van der Waals surface area contributed by atoms with Crippen molar-refractivity contribution in [3.8, 4) is 6.07 Å². The van der Waals surface area contributed by atoms with E-state index in [1.54, 1.807) is 0 Å². The first-order chi connectivity index (χ1) is 15.5. The van der Waals surface area contributed by atoms with Gasteiger partial charge in [-0.25, -0.2) is 4.98 Å². The number of carbonyl (C=O) groups excluding carboxylic acids is 3. The zero-order valence-corrected chi connectivity index (χ0v) is 18.5. The molecule has 1 saturated carbocycles. The van der Waals surface area contributed by atoms with E-state index >= 15 is 0 Å². The molecule has 32 heavy (non-hydrogen) atoms. The van der Waals surface area contributed by atoms with Gasteiger partial charge in [0.15, 0.2) is 10.8 Å². The Labute approximate surface area is 189 Å². The zero-order valence-electron chi connectivity index (χ0n) is 17.7. The molecule has 0 bridgehead atoms. The molecule has 1 aromatic heterocycles. The average Bonchev–Trinajstić information content (AvgIpc) is 3.28. The fourth-order valence-corrected chi connectivity index (χ4v) is 4.73. The molecular weight excluding hydrogens is 428 g/mol. The molecule has 3 N–H and O–H groups in total. The van der Waals surface area contributed by atoms with E-state index in [0.717, 1.165) is 23.3 Å². The van der Waals surface area contributed by atoms with Crippen LogP contribution in [0.5, 0.6) is 0 Å². The summed E-state index contributed by atoms with van der Waals surface area (Å²) in [5.74, 6) is -0.956. The Balaban J connectivity index is 1.52. The molecule has 2 heterocycles. The van der Waals surface area contributed by atoms with Gasteiger partial charge >= 0.3 is 0 Å². The molecule has 3 amide bonds. The van der Waals surface area contributed by atoms with Gasteiger partial charge in [-0.05, 0) is 31.2 Å². The highest BCUT2D eigenvalue weighted by Crippen LogP contribution is 2.46. The van der Waals surface area contributed by atoms with E-state index in [0.29, 0.717) is 42.5 Å². The van der Waals surface area contributed by atoms with E-state index < -0.39 is 23.3 Å². The molecular formula is C22H24N6O3S. The van der Waals surface area contributed by atoms with Crippen molar-refractivity contribution in [2.75, 3.05) is 23.8 Å². The van der Waals surface area contributed by atoms with Crippen molar-refractivity contribution in [2.24, 2.45) is 5.41 Å². The summed E-state index contributed by atoms with van der Waals surface area (Å²) in [7, 11) is 1.49. The van der Waals surface area contributed by atoms with Crippen LogP contribution >= 0.6 is 11.3 Å². The number of hydrogen-bond donors (Lipinski definition) is 3. The molecule has 4 rings (SSSR count). The summed E-state index contributed by atoms with van der Waals surface area (Å²) in [6, 6.07) is 11.3. The predicted molar refractivity (Wildman–Crippen MR) is 120 cm³/mol. The molecule has 1 unspecified atom stereocenters. The highest BCUT2D eigenvalue weighted by atomic mass is 32.1. The molecule has 1 saturated heterocycles. The molecule has 2 aliphatic rings. The summed E-state index contributed by atoms with van der Waals surface area (Å²) < 4.78 is 0. The fourth-order valence-electron chi connectivity index (χ4n) is 3.70. The first-order valence-corrected chi connectivity index (χ1v) is 11.3. The topological polar surface area (TPSA) is 127 Å². The fraction of sp³-hybridized carbons (Fsp3) is 0.409. The van der Waals surface area contributed by atoms with Crippen LogP contribution < -0.4 is 20.9 Å². The lowest BCUT2D eigenvalue weighted by molar-refractivity contribution is -0.122. The van der Waals surface area contributed by atoms with E-state index in [1.807, 2.05) is 35.2 Å². The maximum atomic E-state index is 12.9. The lowest BCUT2D eigenvalue weighted by atomic mass is 10.1. The number of thiazole rings is 1. The van der Waals surface area contributed by atoms with E-state index in [2.05, 4.69) is 27.0 Å².